The number of benzene rings is 2. The summed E-state index contributed by atoms with van der Waals surface area (Å²) in [6, 6.07) is 20.6. The van der Waals surface area contributed by atoms with Crippen LogP contribution in [0.4, 0.5) is 0 Å². The number of allylic oxidation sites excluding steroid dienone is 1. The molecule has 0 spiro atoms. The number of rotatable bonds is 2. The molecule has 2 aromatic carbocycles. The van der Waals surface area contributed by atoms with Crippen molar-refractivity contribution in [2.75, 3.05) is 0 Å². The summed E-state index contributed by atoms with van der Waals surface area (Å²) < 4.78 is 0. The van der Waals surface area contributed by atoms with Crippen molar-refractivity contribution >= 4 is 5.57 Å². The van der Waals surface area contributed by atoms with E-state index < -0.39 is 5.60 Å². The summed E-state index contributed by atoms with van der Waals surface area (Å²) in [7, 11) is 0. The summed E-state index contributed by atoms with van der Waals surface area (Å²) in [5, 5.41) is 11.5. The molecular weight excluding hydrogens is 256 g/mol. The highest BCUT2D eigenvalue weighted by atomic mass is 16.3. The molecule has 0 saturated heterocycles. The summed E-state index contributed by atoms with van der Waals surface area (Å²) >= 11 is 0. The molecule has 0 heterocycles. The molecule has 1 saturated carbocycles. The van der Waals surface area contributed by atoms with E-state index in [1.807, 2.05) is 24.3 Å². The minimum absolute atomic E-state index is 0.561. The van der Waals surface area contributed by atoms with Gasteiger partial charge in [0.05, 0.1) is 0 Å². The van der Waals surface area contributed by atoms with Crippen LogP contribution in [-0.2, 0) is 5.60 Å². The Labute approximate surface area is 126 Å². The predicted octanol–water partition coefficient (Wildman–Crippen LogP) is 4.53. The first-order valence-corrected chi connectivity index (χ1v) is 7.86. The van der Waals surface area contributed by atoms with Gasteiger partial charge in [-0.15, -0.1) is 0 Å². The molecule has 0 unspecified atom stereocenters. The van der Waals surface area contributed by atoms with Crippen LogP contribution in [0, 0.1) is 5.92 Å². The van der Waals surface area contributed by atoms with Crippen LogP contribution in [0.5, 0.6) is 0 Å². The molecule has 0 radical (unpaired) electrons. The summed E-state index contributed by atoms with van der Waals surface area (Å²) in [5.74, 6) is 0.561. The average molecular weight is 276 g/mol. The lowest BCUT2D eigenvalue weighted by atomic mass is 9.82. The second kappa shape index (κ2) is 4.85. The van der Waals surface area contributed by atoms with Crippen LogP contribution < -0.4 is 0 Å². The smallest absolute Gasteiger partial charge is 0.116 e. The van der Waals surface area contributed by atoms with E-state index in [4.69, 9.17) is 0 Å². The zero-order valence-corrected chi connectivity index (χ0v) is 12.1. The Hall–Kier alpha value is -1.86. The van der Waals surface area contributed by atoms with Crippen LogP contribution in [0.15, 0.2) is 66.2 Å². The molecule has 0 amide bonds. The molecule has 2 aliphatic rings. The van der Waals surface area contributed by atoms with Gasteiger partial charge in [0.1, 0.15) is 5.60 Å². The van der Waals surface area contributed by atoms with E-state index in [1.165, 1.54) is 29.6 Å². The van der Waals surface area contributed by atoms with Gasteiger partial charge in [0, 0.05) is 0 Å². The summed E-state index contributed by atoms with van der Waals surface area (Å²) in [6.45, 7) is 0. The Morgan fingerprint density at radius 3 is 2.29 bits per heavy atom. The van der Waals surface area contributed by atoms with Crippen LogP contribution in [0.3, 0.4) is 0 Å². The number of fused-ring (bicyclic) bond motifs is 1. The maximum Gasteiger partial charge on any atom is 0.116 e. The number of hydrogen-bond acceptors (Lipinski definition) is 1. The van der Waals surface area contributed by atoms with Gasteiger partial charge < -0.3 is 5.11 Å². The van der Waals surface area contributed by atoms with Crippen molar-refractivity contribution in [2.45, 2.75) is 31.3 Å². The SMILES string of the molecule is O[C@@]1(c2ccccc2)C[C@@H]2CCCC2=C1c1ccccc1. The zero-order chi connectivity index (χ0) is 14.3. The van der Waals surface area contributed by atoms with Gasteiger partial charge >= 0.3 is 0 Å². The van der Waals surface area contributed by atoms with Crippen LogP contribution in [0.2, 0.25) is 0 Å². The number of aliphatic hydroxyl groups is 1. The second-order valence-electron chi connectivity index (χ2n) is 6.29. The van der Waals surface area contributed by atoms with Crippen molar-refractivity contribution < 1.29 is 5.11 Å². The van der Waals surface area contributed by atoms with Gasteiger partial charge in [0.2, 0.25) is 0 Å². The highest BCUT2D eigenvalue weighted by molar-refractivity contribution is 5.79. The lowest BCUT2D eigenvalue weighted by Gasteiger charge is -2.29. The first kappa shape index (κ1) is 12.8. The molecule has 0 bridgehead atoms. The van der Waals surface area contributed by atoms with Gasteiger partial charge in [0.25, 0.3) is 0 Å². The van der Waals surface area contributed by atoms with E-state index in [0.717, 1.165) is 18.4 Å². The summed E-state index contributed by atoms with van der Waals surface area (Å²) in [4.78, 5) is 0. The lowest BCUT2D eigenvalue weighted by Crippen LogP contribution is -2.25. The Kier molecular flexibility index (Phi) is 2.97. The topological polar surface area (TPSA) is 20.2 Å². The van der Waals surface area contributed by atoms with Crippen LogP contribution in [0.1, 0.15) is 36.8 Å². The van der Waals surface area contributed by atoms with E-state index in [0.29, 0.717) is 5.92 Å². The van der Waals surface area contributed by atoms with Crippen molar-refractivity contribution in [3.63, 3.8) is 0 Å². The molecule has 2 aromatic rings. The third kappa shape index (κ3) is 1.96. The van der Waals surface area contributed by atoms with Gasteiger partial charge in [-0.2, -0.15) is 0 Å². The molecule has 1 fully saturated rings. The molecule has 0 aliphatic heterocycles. The highest BCUT2D eigenvalue weighted by Crippen LogP contribution is 2.56. The normalized spacial score (nSPS) is 28.0. The quantitative estimate of drug-likeness (QED) is 0.854. The van der Waals surface area contributed by atoms with Gasteiger partial charge in [-0.1, -0.05) is 66.2 Å². The fourth-order valence-electron chi connectivity index (χ4n) is 4.20. The van der Waals surface area contributed by atoms with Crippen molar-refractivity contribution in [3.8, 4) is 0 Å². The minimum Gasteiger partial charge on any atom is -0.380 e. The molecule has 21 heavy (non-hydrogen) atoms. The fourth-order valence-corrected chi connectivity index (χ4v) is 4.20. The largest absolute Gasteiger partial charge is 0.380 e. The fraction of sp³-hybridized carbons (Fsp3) is 0.300. The molecule has 1 N–H and O–H groups in total. The maximum atomic E-state index is 11.5. The first-order valence-electron chi connectivity index (χ1n) is 7.86. The molecule has 4 rings (SSSR count). The minimum atomic E-state index is -0.816. The maximum absolute atomic E-state index is 11.5. The molecule has 2 atom stereocenters. The van der Waals surface area contributed by atoms with E-state index in [-0.39, 0.29) is 0 Å². The molecular formula is C20H20O. The molecule has 1 heteroatoms. The third-order valence-corrected chi connectivity index (χ3v) is 5.08. The highest BCUT2D eigenvalue weighted by Gasteiger charge is 2.47. The van der Waals surface area contributed by atoms with Crippen LogP contribution in [0.25, 0.3) is 5.57 Å². The Morgan fingerprint density at radius 1 is 0.905 bits per heavy atom. The van der Waals surface area contributed by atoms with Crippen molar-refractivity contribution in [2.24, 2.45) is 5.92 Å². The average Bonchev–Trinajstić information content (AvgIpc) is 3.07. The lowest BCUT2D eigenvalue weighted by molar-refractivity contribution is 0.0882. The van der Waals surface area contributed by atoms with Gasteiger partial charge in [0.15, 0.2) is 0 Å². The van der Waals surface area contributed by atoms with Gasteiger partial charge in [-0.3, -0.25) is 0 Å². The standard InChI is InChI=1S/C20H20O/c21-20(17-11-5-2-6-12-17)14-16-10-7-13-18(16)19(20)15-8-3-1-4-9-15/h1-6,8-9,11-12,16,21H,7,10,13-14H2/t16-,20+/m0/s1. The Balaban J connectivity index is 1.91. The van der Waals surface area contributed by atoms with Gasteiger partial charge in [-0.25, -0.2) is 0 Å². The zero-order valence-electron chi connectivity index (χ0n) is 12.1. The van der Waals surface area contributed by atoms with E-state index in [2.05, 4.69) is 36.4 Å². The molecule has 1 nitrogen and oxygen atoms in total. The first-order chi connectivity index (χ1) is 10.3. The van der Waals surface area contributed by atoms with Crippen molar-refractivity contribution in [3.05, 3.63) is 77.4 Å². The second-order valence-corrected chi connectivity index (χ2v) is 6.29. The van der Waals surface area contributed by atoms with Crippen molar-refractivity contribution in [1.29, 1.82) is 0 Å². The monoisotopic (exact) mass is 276 g/mol. The predicted molar refractivity (Wildman–Crippen MR) is 85.7 cm³/mol. The Morgan fingerprint density at radius 2 is 1.57 bits per heavy atom. The molecule has 0 aromatic heterocycles. The van der Waals surface area contributed by atoms with E-state index in [1.54, 1.807) is 0 Å². The Bertz CT molecular complexity index is 671. The molecule has 2 aliphatic carbocycles. The van der Waals surface area contributed by atoms with E-state index >= 15 is 0 Å². The third-order valence-electron chi connectivity index (χ3n) is 5.08. The summed E-state index contributed by atoms with van der Waals surface area (Å²) in [5.41, 5.74) is 4.07. The van der Waals surface area contributed by atoms with Crippen LogP contribution >= 0.6 is 0 Å². The van der Waals surface area contributed by atoms with Gasteiger partial charge in [-0.05, 0) is 48.3 Å². The molecule has 106 valence electrons. The van der Waals surface area contributed by atoms with Crippen LogP contribution in [-0.4, -0.2) is 5.11 Å². The van der Waals surface area contributed by atoms with E-state index in [9.17, 15) is 5.11 Å². The van der Waals surface area contributed by atoms with Crippen molar-refractivity contribution in [1.82, 2.24) is 0 Å². The summed E-state index contributed by atoms with van der Waals surface area (Å²) in [6.07, 6.45) is 4.47. The number of hydrogen-bond donors (Lipinski definition) is 1.